The number of nitrogens with zero attached hydrogens (tertiary/aromatic N) is 3. The number of carbonyl (C=O) groups excluding carboxylic acids is 1. The van der Waals surface area contributed by atoms with Crippen molar-refractivity contribution < 1.29 is 9.53 Å². The van der Waals surface area contributed by atoms with E-state index in [-0.39, 0.29) is 55.3 Å². The summed E-state index contributed by atoms with van der Waals surface area (Å²) in [6.07, 6.45) is 1.05. The fraction of sp³-hybridized carbons (Fsp3) is 0.944. The Morgan fingerprint density at radius 1 is 1.04 bits per heavy atom. The van der Waals surface area contributed by atoms with E-state index in [1.807, 2.05) is 4.90 Å². The average Bonchev–Trinajstić information content (AvgIpc) is 2.54. The normalized spacial score (nSPS) is 22.6. The van der Waals surface area contributed by atoms with E-state index >= 15 is 0 Å². The number of morpholine rings is 1. The lowest BCUT2D eigenvalue weighted by Gasteiger charge is -2.40. The summed E-state index contributed by atoms with van der Waals surface area (Å²) < 4.78 is 5.93. The number of carbonyl (C=O) groups is 1. The van der Waals surface area contributed by atoms with Crippen LogP contribution in [0.25, 0.3) is 0 Å². The lowest BCUT2D eigenvalue weighted by molar-refractivity contribution is -0.135. The summed E-state index contributed by atoms with van der Waals surface area (Å²) in [6, 6.07) is 0.228. The summed E-state index contributed by atoms with van der Waals surface area (Å²) >= 11 is 0. The van der Waals surface area contributed by atoms with Gasteiger partial charge in [0, 0.05) is 51.9 Å². The first-order chi connectivity index (χ1) is 11.4. The lowest BCUT2D eigenvalue weighted by Crippen LogP contribution is -2.56. The Morgan fingerprint density at radius 3 is 2.15 bits per heavy atom. The minimum Gasteiger partial charge on any atom is -0.374 e. The van der Waals surface area contributed by atoms with Crippen LogP contribution in [0.1, 0.15) is 34.1 Å². The van der Waals surface area contributed by atoms with Gasteiger partial charge in [-0.1, -0.05) is 13.8 Å². The highest BCUT2D eigenvalue weighted by Crippen LogP contribution is 2.13. The van der Waals surface area contributed by atoms with Crippen LogP contribution in [0.4, 0.5) is 0 Å². The topological polar surface area (TPSA) is 62.0 Å². The van der Waals surface area contributed by atoms with Crippen LogP contribution in [-0.4, -0.2) is 91.2 Å². The molecule has 2 rings (SSSR count). The van der Waals surface area contributed by atoms with E-state index in [2.05, 4.69) is 37.5 Å². The monoisotopic (exact) mass is 448 g/mol. The SMILES string of the molecule is CC(C)C[C@H](N)C(=O)N1CCN(CC2CN(C(C)C)CCO2)CC1.Cl.Cl.Cl. The Hall–Kier alpha value is 0.180. The molecule has 2 fully saturated rings. The first-order valence-electron chi connectivity index (χ1n) is 9.49. The summed E-state index contributed by atoms with van der Waals surface area (Å²) in [6.45, 7) is 15.9. The summed E-state index contributed by atoms with van der Waals surface area (Å²) in [7, 11) is 0. The Kier molecular flexibility index (Phi) is 15.5. The molecule has 0 radical (unpaired) electrons. The number of rotatable bonds is 6. The Labute approximate surface area is 183 Å². The van der Waals surface area contributed by atoms with Gasteiger partial charge >= 0.3 is 0 Å². The minimum absolute atomic E-state index is 0. The maximum Gasteiger partial charge on any atom is 0.239 e. The van der Waals surface area contributed by atoms with Crippen molar-refractivity contribution in [1.29, 1.82) is 0 Å². The van der Waals surface area contributed by atoms with Gasteiger partial charge in [-0.3, -0.25) is 14.6 Å². The molecular weight excluding hydrogens is 411 g/mol. The van der Waals surface area contributed by atoms with Gasteiger partial charge in [0.1, 0.15) is 0 Å². The molecule has 0 aliphatic carbocycles. The molecule has 2 heterocycles. The zero-order valence-electron chi connectivity index (χ0n) is 17.1. The van der Waals surface area contributed by atoms with Crippen molar-refractivity contribution in [2.24, 2.45) is 11.7 Å². The van der Waals surface area contributed by atoms with Crippen LogP contribution in [0, 0.1) is 5.92 Å². The highest BCUT2D eigenvalue weighted by molar-refractivity contribution is 5.86. The van der Waals surface area contributed by atoms with E-state index in [1.165, 1.54) is 0 Å². The number of hydrogen-bond donors (Lipinski definition) is 1. The van der Waals surface area contributed by atoms with Crippen LogP contribution >= 0.6 is 37.2 Å². The van der Waals surface area contributed by atoms with Crippen LogP contribution in [0.5, 0.6) is 0 Å². The molecule has 9 heteroatoms. The molecule has 2 saturated heterocycles. The summed E-state index contributed by atoms with van der Waals surface area (Å²) in [4.78, 5) is 19.2. The average molecular weight is 450 g/mol. The van der Waals surface area contributed by atoms with Crippen molar-refractivity contribution in [3.63, 3.8) is 0 Å². The Morgan fingerprint density at radius 2 is 1.63 bits per heavy atom. The van der Waals surface area contributed by atoms with Crippen molar-refractivity contribution in [2.75, 3.05) is 52.4 Å². The molecule has 2 N–H and O–H groups in total. The van der Waals surface area contributed by atoms with Crippen LogP contribution in [-0.2, 0) is 9.53 Å². The zero-order valence-corrected chi connectivity index (χ0v) is 19.6. The zero-order chi connectivity index (χ0) is 17.7. The molecule has 0 aromatic rings. The maximum absolute atomic E-state index is 12.4. The molecule has 1 amide bonds. The van der Waals surface area contributed by atoms with Gasteiger partial charge in [0.05, 0.1) is 18.8 Å². The molecule has 0 spiro atoms. The van der Waals surface area contributed by atoms with Crippen molar-refractivity contribution in [3.8, 4) is 0 Å². The predicted octanol–water partition coefficient (Wildman–Crippen LogP) is 1.88. The first-order valence-corrected chi connectivity index (χ1v) is 9.49. The van der Waals surface area contributed by atoms with Crippen LogP contribution < -0.4 is 5.73 Å². The predicted molar refractivity (Wildman–Crippen MR) is 119 cm³/mol. The number of halogens is 3. The molecule has 0 saturated carbocycles. The number of ether oxygens (including phenoxy) is 1. The van der Waals surface area contributed by atoms with Gasteiger partial charge in [0.15, 0.2) is 0 Å². The third kappa shape index (κ3) is 9.48. The largest absolute Gasteiger partial charge is 0.374 e. The van der Waals surface area contributed by atoms with Gasteiger partial charge in [-0.05, 0) is 26.2 Å². The smallest absolute Gasteiger partial charge is 0.239 e. The second-order valence-electron chi connectivity index (χ2n) is 7.94. The number of nitrogens with two attached hydrogens (primary N) is 1. The third-order valence-electron chi connectivity index (χ3n) is 5.09. The van der Waals surface area contributed by atoms with Crippen molar-refractivity contribution in [3.05, 3.63) is 0 Å². The number of amides is 1. The molecule has 1 unspecified atom stereocenters. The molecule has 0 aromatic heterocycles. The Balaban J connectivity index is 0. The first kappa shape index (κ1) is 29.4. The molecule has 2 aliphatic rings. The van der Waals surface area contributed by atoms with Gasteiger partial charge < -0.3 is 15.4 Å². The second-order valence-corrected chi connectivity index (χ2v) is 7.94. The third-order valence-corrected chi connectivity index (χ3v) is 5.09. The second kappa shape index (κ2) is 14.2. The van der Waals surface area contributed by atoms with Crippen LogP contribution in [0.3, 0.4) is 0 Å². The van der Waals surface area contributed by atoms with Crippen molar-refractivity contribution in [2.45, 2.75) is 52.3 Å². The number of hydrogen-bond acceptors (Lipinski definition) is 5. The van der Waals surface area contributed by atoms with Gasteiger partial charge in [-0.2, -0.15) is 0 Å². The quantitative estimate of drug-likeness (QED) is 0.671. The van der Waals surface area contributed by atoms with Gasteiger partial charge in [-0.15, -0.1) is 37.2 Å². The molecule has 0 bridgehead atoms. The molecule has 27 heavy (non-hydrogen) atoms. The standard InChI is InChI=1S/C18H36N4O2.3ClH/c1-14(2)11-17(19)18(23)21-7-5-20(6-8-21)12-16-13-22(15(3)4)9-10-24-16;;;/h14-17H,5-13,19H2,1-4H3;3*1H/t16?,17-;;;/m0.../s1. The highest BCUT2D eigenvalue weighted by atomic mass is 35.5. The minimum atomic E-state index is -0.349. The van der Waals surface area contributed by atoms with E-state index in [0.29, 0.717) is 12.0 Å². The maximum atomic E-state index is 12.4. The molecular formula is C18H39Cl3N4O2. The molecule has 6 nitrogen and oxygen atoms in total. The van der Waals surface area contributed by atoms with Crippen LogP contribution in [0.2, 0.25) is 0 Å². The fourth-order valence-corrected chi connectivity index (χ4v) is 3.60. The van der Waals surface area contributed by atoms with Crippen molar-refractivity contribution in [1.82, 2.24) is 14.7 Å². The highest BCUT2D eigenvalue weighted by Gasteiger charge is 2.28. The molecule has 0 aromatic carbocycles. The summed E-state index contributed by atoms with van der Waals surface area (Å²) in [5.74, 6) is 0.570. The molecule has 164 valence electrons. The van der Waals surface area contributed by atoms with E-state index < -0.39 is 0 Å². The fourth-order valence-electron chi connectivity index (χ4n) is 3.60. The van der Waals surface area contributed by atoms with E-state index in [4.69, 9.17) is 10.5 Å². The van der Waals surface area contributed by atoms with Crippen molar-refractivity contribution >= 4 is 43.1 Å². The van der Waals surface area contributed by atoms with E-state index in [9.17, 15) is 4.79 Å². The lowest BCUT2D eigenvalue weighted by atomic mass is 10.0. The van der Waals surface area contributed by atoms with Gasteiger partial charge in [-0.25, -0.2) is 0 Å². The Bertz CT molecular complexity index is 408. The van der Waals surface area contributed by atoms with Gasteiger partial charge in [0.2, 0.25) is 5.91 Å². The van der Waals surface area contributed by atoms with Gasteiger partial charge in [0.25, 0.3) is 0 Å². The molecule has 2 atom stereocenters. The molecule has 2 aliphatic heterocycles. The number of piperazine rings is 1. The summed E-state index contributed by atoms with van der Waals surface area (Å²) in [5, 5.41) is 0. The van der Waals surface area contributed by atoms with E-state index in [1.54, 1.807) is 0 Å². The van der Waals surface area contributed by atoms with Crippen LogP contribution in [0.15, 0.2) is 0 Å². The summed E-state index contributed by atoms with van der Waals surface area (Å²) in [5.41, 5.74) is 6.05. The van der Waals surface area contributed by atoms with E-state index in [0.717, 1.165) is 58.8 Å².